The van der Waals surface area contributed by atoms with E-state index in [1.54, 1.807) is 0 Å². The second-order valence-corrected chi connectivity index (χ2v) is 5.00. The highest BCUT2D eigenvalue weighted by molar-refractivity contribution is 5.68. The lowest BCUT2D eigenvalue weighted by Crippen LogP contribution is -2.44. The Morgan fingerprint density at radius 2 is 2.29 bits per heavy atom. The highest BCUT2D eigenvalue weighted by atomic mass is 16.6. The monoisotopic (exact) mass is 239 g/mol. The van der Waals surface area contributed by atoms with Gasteiger partial charge in [0, 0.05) is 25.0 Å². The molecule has 5 heteroatoms. The van der Waals surface area contributed by atoms with Crippen LogP contribution in [0.4, 0.5) is 4.79 Å². The van der Waals surface area contributed by atoms with Gasteiger partial charge in [-0.15, -0.1) is 0 Å². The summed E-state index contributed by atoms with van der Waals surface area (Å²) in [5.41, 5.74) is 6.24. The minimum atomic E-state index is -0.489. The van der Waals surface area contributed by atoms with Gasteiger partial charge in [-0.3, -0.25) is 0 Å². The van der Waals surface area contributed by atoms with E-state index < -0.39 is 11.7 Å². The number of aromatic nitrogens is 1. The normalized spacial score (nSPS) is 13.2. The van der Waals surface area contributed by atoms with Crippen LogP contribution in [0.5, 0.6) is 0 Å². The smallest absolute Gasteiger partial charge is 0.407 e. The van der Waals surface area contributed by atoms with Crippen molar-refractivity contribution in [2.24, 2.45) is 5.73 Å². The number of amides is 1. The third-order valence-corrected chi connectivity index (χ3v) is 2.15. The van der Waals surface area contributed by atoms with Crippen molar-refractivity contribution in [3.63, 3.8) is 0 Å². The van der Waals surface area contributed by atoms with E-state index in [9.17, 15) is 4.79 Å². The first-order valence-electron chi connectivity index (χ1n) is 5.72. The highest BCUT2D eigenvalue weighted by Gasteiger charge is 2.19. The topological polar surface area (TPSA) is 80.1 Å². The molecule has 0 aliphatic rings. The molecule has 5 nitrogen and oxygen atoms in total. The second kappa shape index (κ2) is 5.72. The molecule has 0 aliphatic carbocycles. The molecule has 1 heterocycles. The van der Waals surface area contributed by atoms with E-state index in [4.69, 9.17) is 10.5 Å². The van der Waals surface area contributed by atoms with Gasteiger partial charge in [0.2, 0.25) is 0 Å². The quantitative estimate of drug-likeness (QED) is 0.743. The number of ether oxygens (including phenoxy) is 1. The fourth-order valence-corrected chi connectivity index (χ4v) is 1.44. The largest absolute Gasteiger partial charge is 0.444 e. The number of rotatable bonds is 4. The lowest BCUT2D eigenvalue weighted by atomic mass is 10.1. The van der Waals surface area contributed by atoms with E-state index in [-0.39, 0.29) is 6.04 Å². The fraction of sp³-hybridized carbons (Fsp3) is 0.583. The Labute approximate surface area is 102 Å². The molecule has 1 rings (SSSR count). The zero-order valence-electron chi connectivity index (χ0n) is 10.6. The van der Waals surface area contributed by atoms with Gasteiger partial charge in [-0.2, -0.15) is 0 Å². The Morgan fingerprint density at radius 1 is 1.59 bits per heavy atom. The van der Waals surface area contributed by atoms with Crippen LogP contribution in [0.2, 0.25) is 0 Å². The van der Waals surface area contributed by atoms with Crippen LogP contribution in [-0.4, -0.2) is 29.3 Å². The zero-order valence-corrected chi connectivity index (χ0v) is 10.6. The Balaban J connectivity index is 2.44. The number of aromatic amines is 1. The maximum atomic E-state index is 11.6. The first-order valence-corrected chi connectivity index (χ1v) is 5.72. The molecule has 1 unspecified atom stereocenters. The molecule has 96 valence electrons. The molecule has 1 amide bonds. The number of hydrogen-bond acceptors (Lipinski definition) is 3. The van der Waals surface area contributed by atoms with Gasteiger partial charge < -0.3 is 20.8 Å². The molecule has 1 aromatic heterocycles. The molecule has 0 aliphatic heterocycles. The standard InChI is InChI=1S/C12H21N3O2/c1-12(2,3)17-11(16)15-10(7-13)6-9-4-5-14-8-9/h4-5,8,10,14H,6-7,13H2,1-3H3,(H,15,16). The van der Waals surface area contributed by atoms with Gasteiger partial charge in [-0.25, -0.2) is 4.79 Å². The van der Waals surface area contributed by atoms with Crippen LogP contribution in [-0.2, 0) is 11.2 Å². The van der Waals surface area contributed by atoms with Crippen LogP contribution >= 0.6 is 0 Å². The number of nitrogens with two attached hydrogens (primary N) is 1. The molecule has 0 radical (unpaired) electrons. The maximum absolute atomic E-state index is 11.6. The van der Waals surface area contributed by atoms with Crippen molar-refractivity contribution in [2.45, 2.75) is 38.8 Å². The van der Waals surface area contributed by atoms with E-state index in [0.717, 1.165) is 5.56 Å². The maximum Gasteiger partial charge on any atom is 0.407 e. The Bertz CT molecular complexity index is 341. The fourth-order valence-electron chi connectivity index (χ4n) is 1.44. The third-order valence-electron chi connectivity index (χ3n) is 2.15. The highest BCUT2D eigenvalue weighted by Crippen LogP contribution is 2.07. The van der Waals surface area contributed by atoms with Crippen molar-refractivity contribution in [3.8, 4) is 0 Å². The van der Waals surface area contributed by atoms with Crippen LogP contribution in [0.15, 0.2) is 18.5 Å². The summed E-state index contributed by atoms with van der Waals surface area (Å²) in [6, 6.07) is 1.85. The molecule has 0 fully saturated rings. The van der Waals surface area contributed by atoms with E-state index in [1.165, 1.54) is 0 Å². The summed E-state index contributed by atoms with van der Waals surface area (Å²) in [6.45, 7) is 5.87. The van der Waals surface area contributed by atoms with Crippen molar-refractivity contribution in [2.75, 3.05) is 6.54 Å². The Hall–Kier alpha value is -1.49. The van der Waals surface area contributed by atoms with E-state index in [1.807, 2.05) is 39.2 Å². The first kappa shape index (κ1) is 13.6. The van der Waals surface area contributed by atoms with Crippen LogP contribution in [0.3, 0.4) is 0 Å². The van der Waals surface area contributed by atoms with Crippen molar-refractivity contribution >= 4 is 6.09 Å². The molecule has 0 saturated heterocycles. The average Bonchev–Trinajstić information content (AvgIpc) is 2.66. The summed E-state index contributed by atoms with van der Waals surface area (Å²) in [4.78, 5) is 14.5. The molecule has 0 bridgehead atoms. The van der Waals surface area contributed by atoms with E-state index >= 15 is 0 Å². The third kappa shape index (κ3) is 5.40. The number of hydrogen-bond donors (Lipinski definition) is 3. The summed E-state index contributed by atoms with van der Waals surface area (Å²) in [5.74, 6) is 0. The van der Waals surface area contributed by atoms with E-state index in [2.05, 4.69) is 10.3 Å². The van der Waals surface area contributed by atoms with Crippen LogP contribution in [0.25, 0.3) is 0 Å². The van der Waals surface area contributed by atoms with Gasteiger partial charge in [-0.05, 0) is 38.8 Å². The summed E-state index contributed by atoms with van der Waals surface area (Å²) in [7, 11) is 0. The molecule has 4 N–H and O–H groups in total. The minimum Gasteiger partial charge on any atom is -0.444 e. The van der Waals surface area contributed by atoms with Crippen molar-refractivity contribution in [3.05, 3.63) is 24.0 Å². The van der Waals surface area contributed by atoms with Gasteiger partial charge in [-0.1, -0.05) is 0 Å². The summed E-state index contributed by atoms with van der Waals surface area (Å²) in [5, 5.41) is 2.76. The molecule has 0 spiro atoms. The molecular weight excluding hydrogens is 218 g/mol. The predicted octanol–water partition coefficient (Wildman–Crippen LogP) is 1.41. The number of H-pyrrole nitrogens is 1. The molecular formula is C12H21N3O2. The number of alkyl carbamates (subject to hydrolysis) is 1. The van der Waals surface area contributed by atoms with Gasteiger partial charge in [0.1, 0.15) is 5.60 Å². The number of carbonyl (C=O) groups excluding carboxylic acids is 1. The Morgan fingerprint density at radius 3 is 2.76 bits per heavy atom. The molecule has 17 heavy (non-hydrogen) atoms. The SMILES string of the molecule is CC(C)(C)OC(=O)NC(CN)Cc1cc[nH]c1. The van der Waals surface area contributed by atoms with Gasteiger partial charge in [0.05, 0.1) is 0 Å². The van der Waals surface area contributed by atoms with Crippen molar-refractivity contribution < 1.29 is 9.53 Å². The second-order valence-electron chi connectivity index (χ2n) is 5.00. The first-order chi connectivity index (χ1) is 7.90. The van der Waals surface area contributed by atoms with Crippen LogP contribution in [0, 0.1) is 0 Å². The predicted molar refractivity (Wildman–Crippen MR) is 66.7 cm³/mol. The summed E-state index contributed by atoms with van der Waals surface area (Å²) in [6.07, 6.45) is 4.00. The molecule has 0 saturated carbocycles. The minimum absolute atomic E-state index is 0.111. The lowest BCUT2D eigenvalue weighted by Gasteiger charge is -2.22. The molecule has 1 aromatic rings. The van der Waals surface area contributed by atoms with Gasteiger partial charge >= 0.3 is 6.09 Å². The van der Waals surface area contributed by atoms with Crippen LogP contribution < -0.4 is 11.1 Å². The molecule has 0 aromatic carbocycles. The zero-order chi connectivity index (χ0) is 12.9. The number of nitrogens with one attached hydrogen (secondary N) is 2. The van der Waals surface area contributed by atoms with Gasteiger partial charge in [0.25, 0.3) is 0 Å². The lowest BCUT2D eigenvalue weighted by molar-refractivity contribution is 0.0506. The Kier molecular flexibility index (Phi) is 4.57. The van der Waals surface area contributed by atoms with E-state index in [0.29, 0.717) is 13.0 Å². The van der Waals surface area contributed by atoms with Gasteiger partial charge in [0.15, 0.2) is 0 Å². The van der Waals surface area contributed by atoms with Crippen LogP contribution in [0.1, 0.15) is 26.3 Å². The van der Waals surface area contributed by atoms with Crippen molar-refractivity contribution in [1.29, 1.82) is 0 Å². The molecule has 1 atom stereocenters. The summed E-state index contributed by atoms with van der Waals surface area (Å²) >= 11 is 0. The summed E-state index contributed by atoms with van der Waals surface area (Å²) < 4.78 is 5.18. The number of carbonyl (C=O) groups is 1. The average molecular weight is 239 g/mol. The van der Waals surface area contributed by atoms with Crippen molar-refractivity contribution in [1.82, 2.24) is 10.3 Å².